The number of carbonyl (C=O) groups is 2. The average molecular weight is 410 g/mol. The molecule has 0 unspecified atom stereocenters. The molecule has 1 aromatic heterocycles. The van der Waals surface area contributed by atoms with Crippen molar-refractivity contribution >= 4 is 28.9 Å². The molecule has 0 spiro atoms. The molecule has 0 fully saturated rings. The van der Waals surface area contributed by atoms with Crippen LogP contribution in [0.1, 0.15) is 22.9 Å². The number of nitrogens with zero attached hydrogens (tertiary/aromatic N) is 1. The number of hydrogen-bond donors (Lipinski definition) is 2. The van der Waals surface area contributed by atoms with Crippen LogP contribution < -0.4 is 10.6 Å². The van der Waals surface area contributed by atoms with Gasteiger partial charge in [0.05, 0.1) is 18.7 Å². The molecule has 29 heavy (non-hydrogen) atoms. The third-order valence-electron chi connectivity index (χ3n) is 5.21. The number of thiophene rings is 1. The molecular formula is C22H23N3O3S. The second-order valence-corrected chi connectivity index (χ2v) is 7.99. The maximum atomic E-state index is 12.6. The van der Waals surface area contributed by atoms with E-state index in [2.05, 4.69) is 33.7 Å². The number of ether oxygens (including phenoxy) is 1. The predicted octanol–water partition coefficient (Wildman–Crippen LogP) is 3.32. The molecule has 0 bridgehead atoms. The number of rotatable bonds is 5. The molecule has 1 aromatic carbocycles. The summed E-state index contributed by atoms with van der Waals surface area (Å²) in [6.07, 6.45) is 3.14. The first-order valence-corrected chi connectivity index (χ1v) is 10.4. The lowest BCUT2D eigenvalue weighted by atomic mass is 9.98. The van der Waals surface area contributed by atoms with Crippen molar-refractivity contribution in [3.8, 4) is 0 Å². The van der Waals surface area contributed by atoms with E-state index in [1.807, 2.05) is 35.7 Å². The number of urea groups is 1. The van der Waals surface area contributed by atoms with E-state index in [9.17, 15) is 9.59 Å². The number of carbonyl (C=O) groups excluding carboxylic acids is 2. The Morgan fingerprint density at radius 3 is 2.72 bits per heavy atom. The van der Waals surface area contributed by atoms with Gasteiger partial charge in [-0.2, -0.15) is 0 Å². The lowest BCUT2D eigenvalue weighted by molar-refractivity contribution is -0.136. The van der Waals surface area contributed by atoms with Gasteiger partial charge >= 0.3 is 12.0 Å². The Labute approximate surface area is 173 Å². The normalized spacial score (nSPS) is 20.0. The van der Waals surface area contributed by atoms with E-state index in [4.69, 9.17) is 4.74 Å². The average Bonchev–Trinajstić information content (AvgIpc) is 3.29. The highest BCUT2D eigenvalue weighted by Gasteiger charge is 2.34. The van der Waals surface area contributed by atoms with E-state index in [1.165, 1.54) is 29.6 Å². The summed E-state index contributed by atoms with van der Waals surface area (Å²) in [4.78, 5) is 28.0. The van der Waals surface area contributed by atoms with Crippen LogP contribution in [0.4, 0.5) is 4.79 Å². The van der Waals surface area contributed by atoms with Gasteiger partial charge < -0.3 is 15.4 Å². The summed E-state index contributed by atoms with van der Waals surface area (Å²) in [6, 6.07) is 13.4. The monoisotopic (exact) mass is 409 g/mol. The van der Waals surface area contributed by atoms with Crippen LogP contribution in [0, 0.1) is 0 Å². The van der Waals surface area contributed by atoms with Gasteiger partial charge in [0.15, 0.2) is 0 Å². The molecule has 0 radical (unpaired) electrons. The zero-order valence-corrected chi connectivity index (χ0v) is 17.0. The van der Waals surface area contributed by atoms with Gasteiger partial charge in [-0.15, -0.1) is 11.3 Å². The summed E-state index contributed by atoms with van der Waals surface area (Å²) in [7, 11) is 1.37. The summed E-state index contributed by atoms with van der Waals surface area (Å²) in [5, 5.41) is 7.62. The van der Waals surface area contributed by atoms with Gasteiger partial charge in [-0.05, 0) is 29.0 Å². The quantitative estimate of drug-likeness (QED) is 0.744. The first-order valence-electron chi connectivity index (χ1n) is 9.55. The minimum atomic E-state index is -0.494. The van der Waals surface area contributed by atoms with Crippen molar-refractivity contribution in [1.29, 1.82) is 0 Å². The Morgan fingerprint density at radius 2 is 2.07 bits per heavy atom. The molecular weight excluding hydrogens is 386 g/mol. The number of benzene rings is 1. The minimum absolute atomic E-state index is 0.302. The molecule has 6 nitrogen and oxygen atoms in total. The zero-order chi connectivity index (χ0) is 20.2. The SMILES string of the molecule is COC(=O)C1=C(CN2CC=C(c3ccccc3)CC2)NC(=O)N[C@@H]1c1cccs1. The summed E-state index contributed by atoms with van der Waals surface area (Å²) in [5.41, 5.74) is 3.65. The topological polar surface area (TPSA) is 70.7 Å². The van der Waals surface area contributed by atoms with Crippen LogP contribution in [0.5, 0.6) is 0 Å². The summed E-state index contributed by atoms with van der Waals surface area (Å²) in [6.45, 7) is 2.10. The molecule has 2 aliphatic rings. The van der Waals surface area contributed by atoms with Crippen LogP contribution in [0.2, 0.25) is 0 Å². The fourth-order valence-corrected chi connectivity index (χ4v) is 4.54. The van der Waals surface area contributed by atoms with Crippen molar-refractivity contribution in [3.05, 3.63) is 75.6 Å². The molecule has 0 saturated carbocycles. The number of hydrogen-bond acceptors (Lipinski definition) is 5. The van der Waals surface area contributed by atoms with Crippen molar-refractivity contribution < 1.29 is 14.3 Å². The third-order valence-corrected chi connectivity index (χ3v) is 6.14. The summed E-state index contributed by atoms with van der Waals surface area (Å²) in [5.74, 6) is -0.427. The highest BCUT2D eigenvalue weighted by Crippen LogP contribution is 2.31. The molecule has 2 amide bonds. The van der Waals surface area contributed by atoms with Crippen LogP contribution in [-0.2, 0) is 9.53 Å². The first kappa shape index (κ1) is 19.4. The van der Waals surface area contributed by atoms with Gasteiger partial charge in [0.1, 0.15) is 0 Å². The molecule has 0 saturated heterocycles. The Hall–Kier alpha value is -2.90. The Morgan fingerprint density at radius 1 is 1.24 bits per heavy atom. The van der Waals surface area contributed by atoms with E-state index in [0.29, 0.717) is 17.8 Å². The molecule has 150 valence electrons. The lowest BCUT2D eigenvalue weighted by Gasteiger charge is -2.32. The van der Waals surface area contributed by atoms with Gasteiger partial charge in [-0.3, -0.25) is 4.90 Å². The van der Waals surface area contributed by atoms with E-state index >= 15 is 0 Å². The summed E-state index contributed by atoms with van der Waals surface area (Å²) >= 11 is 1.50. The molecule has 2 aromatic rings. The Balaban J connectivity index is 1.57. The van der Waals surface area contributed by atoms with Crippen molar-refractivity contribution in [2.75, 3.05) is 26.7 Å². The lowest BCUT2D eigenvalue weighted by Crippen LogP contribution is -2.48. The van der Waals surface area contributed by atoms with E-state index < -0.39 is 12.0 Å². The molecule has 1 atom stereocenters. The molecule has 3 heterocycles. The van der Waals surface area contributed by atoms with Crippen LogP contribution in [0.15, 0.2) is 65.2 Å². The maximum Gasteiger partial charge on any atom is 0.338 e. The third kappa shape index (κ3) is 4.26. The predicted molar refractivity (Wildman–Crippen MR) is 113 cm³/mol. The maximum absolute atomic E-state index is 12.6. The largest absolute Gasteiger partial charge is 0.466 e. The fourth-order valence-electron chi connectivity index (χ4n) is 3.76. The Bertz CT molecular complexity index is 951. The second kappa shape index (κ2) is 8.63. The highest BCUT2D eigenvalue weighted by molar-refractivity contribution is 7.10. The number of amides is 2. The van der Waals surface area contributed by atoms with Crippen LogP contribution in [0.25, 0.3) is 5.57 Å². The van der Waals surface area contributed by atoms with Gasteiger partial charge in [0.2, 0.25) is 0 Å². The second-order valence-electron chi connectivity index (χ2n) is 7.01. The smallest absolute Gasteiger partial charge is 0.338 e. The first-order chi connectivity index (χ1) is 14.2. The zero-order valence-electron chi connectivity index (χ0n) is 16.2. The van der Waals surface area contributed by atoms with Crippen LogP contribution in [-0.4, -0.2) is 43.6 Å². The summed E-state index contributed by atoms with van der Waals surface area (Å²) < 4.78 is 5.03. The molecule has 2 N–H and O–H groups in total. The van der Waals surface area contributed by atoms with Gasteiger partial charge in [0.25, 0.3) is 0 Å². The van der Waals surface area contributed by atoms with Gasteiger partial charge in [-0.1, -0.05) is 42.5 Å². The standard InChI is InChI=1S/C22H23N3O3S/c1-28-21(26)19-17(23-22(27)24-20(19)18-8-5-13-29-18)14-25-11-9-16(10-12-25)15-6-3-2-4-7-15/h2-9,13,20H,10-12,14H2,1H3,(H2,23,24,27)/t20-/m1/s1. The van der Waals surface area contributed by atoms with Crippen molar-refractivity contribution in [1.82, 2.24) is 15.5 Å². The van der Waals surface area contributed by atoms with E-state index in [1.54, 1.807) is 0 Å². The van der Waals surface area contributed by atoms with Crippen molar-refractivity contribution in [3.63, 3.8) is 0 Å². The Kier molecular flexibility index (Phi) is 5.78. The molecule has 7 heteroatoms. The molecule has 2 aliphatic heterocycles. The van der Waals surface area contributed by atoms with Crippen LogP contribution >= 0.6 is 11.3 Å². The number of nitrogens with one attached hydrogen (secondary N) is 2. The minimum Gasteiger partial charge on any atom is -0.466 e. The van der Waals surface area contributed by atoms with Crippen LogP contribution in [0.3, 0.4) is 0 Å². The van der Waals surface area contributed by atoms with Gasteiger partial charge in [0, 0.05) is 30.2 Å². The molecule has 0 aliphatic carbocycles. The van der Waals surface area contributed by atoms with Gasteiger partial charge in [-0.25, -0.2) is 9.59 Å². The highest BCUT2D eigenvalue weighted by atomic mass is 32.1. The van der Waals surface area contributed by atoms with Crippen molar-refractivity contribution in [2.24, 2.45) is 0 Å². The van der Waals surface area contributed by atoms with E-state index in [0.717, 1.165) is 24.4 Å². The fraction of sp³-hybridized carbons (Fsp3) is 0.273. The van der Waals surface area contributed by atoms with E-state index in [-0.39, 0.29) is 6.03 Å². The number of methoxy groups -OCH3 is 1. The number of esters is 1. The van der Waals surface area contributed by atoms with Crippen molar-refractivity contribution in [2.45, 2.75) is 12.5 Å². The molecule has 4 rings (SSSR count).